The Hall–Kier alpha value is -1.82. The molecule has 2 aromatic heterocycles. The minimum absolute atomic E-state index is 0.00106. The van der Waals surface area contributed by atoms with Gasteiger partial charge in [-0.25, -0.2) is 4.39 Å². The zero-order valence-corrected chi connectivity index (χ0v) is 10.4. The molecule has 2 aromatic rings. The molecule has 1 N–H and O–H groups in total. The first-order valence-corrected chi connectivity index (χ1v) is 5.92. The molecule has 0 spiro atoms. The van der Waals surface area contributed by atoms with Crippen LogP contribution in [0.2, 0.25) is 0 Å². The molecule has 5 nitrogen and oxygen atoms in total. The van der Waals surface area contributed by atoms with Crippen molar-refractivity contribution in [2.75, 3.05) is 6.54 Å². The molecule has 0 saturated heterocycles. The van der Waals surface area contributed by atoms with E-state index in [1.54, 1.807) is 0 Å². The highest BCUT2D eigenvalue weighted by atomic mass is 19.1. The van der Waals surface area contributed by atoms with Gasteiger partial charge in [-0.05, 0) is 19.0 Å². The molecule has 0 fully saturated rings. The molecular formula is C12H15FN4O. The first-order chi connectivity index (χ1) is 8.76. The number of aromatic nitrogens is 3. The van der Waals surface area contributed by atoms with Gasteiger partial charge in [-0.1, -0.05) is 13.8 Å². The average molecular weight is 250 g/mol. The second-order valence-electron chi connectivity index (χ2n) is 3.82. The fourth-order valence-corrected chi connectivity index (χ4v) is 1.69. The molecule has 0 bridgehead atoms. The Bertz CT molecular complexity index is 514. The van der Waals surface area contributed by atoms with E-state index in [0.29, 0.717) is 5.89 Å². The third kappa shape index (κ3) is 2.53. The largest absolute Gasteiger partial charge is 0.419 e. The van der Waals surface area contributed by atoms with Crippen LogP contribution in [0.15, 0.2) is 22.9 Å². The van der Waals surface area contributed by atoms with Gasteiger partial charge in [-0.2, -0.15) is 0 Å². The quantitative estimate of drug-likeness (QED) is 0.882. The summed E-state index contributed by atoms with van der Waals surface area (Å²) in [6.45, 7) is 4.83. The van der Waals surface area contributed by atoms with E-state index in [1.807, 2.05) is 13.8 Å². The van der Waals surface area contributed by atoms with E-state index in [-0.39, 0.29) is 17.5 Å². The summed E-state index contributed by atoms with van der Waals surface area (Å²) in [5.41, 5.74) is 0.273. The van der Waals surface area contributed by atoms with Gasteiger partial charge >= 0.3 is 0 Å². The Labute approximate surface area is 104 Å². The maximum absolute atomic E-state index is 13.5. The fraction of sp³-hybridized carbons (Fsp3) is 0.417. The van der Waals surface area contributed by atoms with Crippen LogP contribution in [-0.4, -0.2) is 21.7 Å². The van der Waals surface area contributed by atoms with Gasteiger partial charge in [0.25, 0.3) is 5.89 Å². The van der Waals surface area contributed by atoms with Crippen molar-refractivity contribution < 1.29 is 8.81 Å². The summed E-state index contributed by atoms with van der Waals surface area (Å²) in [5.74, 6) is 0.191. The van der Waals surface area contributed by atoms with Gasteiger partial charge in [0.15, 0.2) is 5.82 Å². The van der Waals surface area contributed by atoms with Crippen LogP contribution in [-0.2, 0) is 0 Å². The first kappa shape index (κ1) is 12.6. The van der Waals surface area contributed by atoms with Gasteiger partial charge in [0.05, 0.1) is 17.8 Å². The zero-order valence-electron chi connectivity index (χ0n) is 10.4. The van der Waals surface area contributed by atoms with Crippen molar-refractivity contribution in [2.45, 2.75) is 26.3 Å². The monoisotopic (exact) mass is 250 g/mol. The molecule has 18 heavy (non-hydrogen) atoms. The molecule has 0 aliphatic heterocycles. The predicted molar refractivity (Wildman–Crippen MR) is 64.2 cm³/mol. The van der Waals surface area contributed by atoms with Crippen LogP contribution in [0.1, 0.15) is 32.2 Å². The number of hydrogen-bond acceptors (Lipinski definition) is 5. The van der Waals surface area contributed by atoms with E-state index in [4.69, 9.17) is 4.42 Å². The molecule has 2 rings (SSSR count). The maximum atomic E-state index is 13.5. The molecule has 0 aliphatic rings. The summed E-state index contributed by atoms with van der Waals surface area (Å²) in [6, 6.07) is 1.52. The summed E-state index contributed by atoms with van der Waals surface area (Å²) in [7, 11) is 0. The van der Waals surface area contributed by atoms with Crippen molar-refractivity contribution in [2.24, 2.45) is 0 Å². The lowest BCUT2D eigenvalue weighted by Crippen LogP contribution is -2.20. The topological polar surface area (TPSA) is 63.8 Å². The number of nitrogens with zero attached hydrogens (tertiary/aromatic N) is 3. The number of pyridine rings is 1. The lowest BCUT2D eigenvalue weighted by atomic mass is 10.2. The zero-order chi connectivity index (χ0) is 13.0. The highest BCUT2D eigenvalue weighted by Crippen LogP contribution is 2.23. The van der Waals surface area contributed by atoms with Crippen LogP contribution < -0.4 is 5.32 Å². The Balaban J connectivity index is 2.28. The molecular weight excluding hydrogens is 235 g/mol. The Morgan fingerprint density at radius 2 is 2.22 bits per heavy atom. The summed E-state index contributed by atoms with van der Waals surface area (Å²) in [5, 5.41) is 11.1. The van der Waals surface area contributed by atoms with Crippen molar-refractivity contribution in [3.8, 4) is 11.5 Å². The number of nitrogens with one attached hydrogen (secondary N) is 1. The maximum Gasteiger partial charge on any atom is 0.250 e. The van der Waals surface area contributed by atoms with Crippen molar-refractivity contribution in [3.63, 3.8) is 0 Å². The number of rotatable bonds is 5. The molecule has 0 aromatic carbocycles. The average Bonchev–Trinajstić information content (AvgIpc) is 2.85. The minimum Gasteiger partial charge on any atom is -0.419 e. The van der Waals surface area contributed by atoms with Gasteiger partial charge in [-0.3, -0.25) is 4.98 Å². The van der Waals surface area contributed by atoms with E-state index in [1.165, 1.54) is 12.3 Å². The van der Waals surface area contributed by atoms with Crippen LogP contribution in [0.5, 0.6) is 0 Å². The Morgan fingerprint density at radius 1 is 1.39 bits per heavy atom. The van der Waals surface area contributed by atoms with Crippen LogP contribution in [0.3, 0.4) is 0 Å². The third-order valence-electron chi connectivity index (χ3n) is 2.60. The standard InChI is InChI=1S/C12H15FN4O/c1-3-10(15-4-2)12-17-16-11(18-12)8-5-6-14-7-9(8)13/h5-7,10,15H,3-4H2,1-2H3. The van der Waals surface area contributed by atoms with Crippen molar-refractivity contribution in [1.29, 1.82) is 0 Å². The lowest BCUT2D eigenvalue weighted by molar-refractivity contribution is 0.401. The molecule has 0 amide bonds. The van der Waals surface area contributed by atoms with Gasteiger partial charge in [0, 0.05) is 6.20 Å². The van der Waals surface area contributed by atoms with Crippen molar-refractivity contribution in [1.82, 2.24) is 20.5 Å². The van der Waals surface area contributed by atoms with Crippen LogP contribution in [0.4, 0.5) is 4.39 Å². The van der Waals surface area contributed by atoms with E-state index in [2.05, 4.69) is 20.5 Å². The SMILES string of the molecule is CCNC(CC)c1nnc(-c2ccncc2F)o1. The second-order valence-corrected chi connectivity index (χ2v) is 3.82. The van der Waals surface area contributed by atoms with Crippen molar-refractivity contribution in [3.05, 3.63) is 30.2 Å². The highest BCUT2D eigenvalue weighted by Gasteiger charge is 2.18. The summed E-state index contributed by atoms with van der Waals surface area (Å²) >= 11 is 0. The number of halogens is 1. The van der Waals surface area contributed by atoms with E-state index in [0.717, 1.165) is 19.2 Å². The van der Waals surface area contributed by atoms with Crippen molar-refractivity contribution >= 4 is 0 Å². The first-order valence-electron chi connectivity index (χ1n) is 5.92. The summed E-state index contributed by atoms with van der Waals surface area (Å²) < 4.78 is 19.0. The summed E-state index contributed by atoms with van der Waals surface area (Å²) in [4.78, 5) is 3.68. The molecule has 1 unspecified atom stereocenters. The van der Waals surface area contributed by atoms with E-state index < -0.39 is 5.82 Å². The normalized spacial score (nSPS) is 12.6. The van der Waals surface area contributed by atoms with Gasteiger partial charge < -0.3 is 9.73 Å². The molecule has 96 valence electrons. The predicted octanol–water partition coefficient (Wildman–Crippen LogP) is 2.33. The van der Waals surface area contributed by atoms with Gasteiger partial charge in [0.2, 0.25) is 5.89 Å². The second kappa shape index (κ2) is 5.68. The van der Waals surface area contributed by atoms with Gasteiger partial charge in [0.1, 0.15) is 0 Å². The van der Waals surface area contributed by atoms with Gasteiger partial charge in [-0.15, -0.1) is 10.2 Å². The van der Waals surface area contributed by atoms with Crippen LogP contribution in [0, 0.1) is 5.82 Å². The molecule has 0 aliphatic carbocycles. The highest BCUT2D eigenvalue weighted by molar-refractivity contribution is 5.52. The number of hydrogen-bond donors (Lipinski definition) is 1. The minimum atomic E-state index is -0.468. The molecule has 6 heteroatoms. The van der Waals surface area contributed by atoms with E-state index in [9.17, 15) is 4.39 Å². The van der Waals surface area contributed by atoms with Crippen LogP contribution >= 0.6 is 0 Å². The molecule has 0 saturated carbocycles. The molecule has 0 radical (unpaired) electrons. The Kier molecular flexibility index (Phi) is 3.99. The Morgan fingerprint density at radius 3 is 2.89 bits per heavy atom. The van der Waals surface area contributed by atoms with Crippen LogP contribution in [0.25, 0.3) is 11.5 Å². The molecule has 1 atom stereocenters. The third-order valence-corrected chi connectivity index (χ3v) is 2.60. The molecule has 2 heterocycles. The fourth-order valence-electron chi connectivity index (χ4n) is 1.69. The smallest absolute Gasteiger partial charge is 0.250 e. The van der Waals surface area contributed by atoms with E-state index >= 15 is 0 Å². The summed E-state index contributed by atoms with van der Waals surface area (Å²) in [6.07, 6.45) is 3.44. The lowest BCUT2D eigenvalue weighted by Gasteiger charge is -2.10.